The van der Waals surface area contributed by atoms with Crippen LogP contribution in [0.3, 0.4) is 0 Å². The van der Waals surface area contributed by atoms with Gasteiger partial charge in [-0.1, -0.05) is 11.6 Å². The molecule has 3 heteroatoms. The fourth-order valence-corrected chi connectivity index (χ4v) is 2.06. The van der Waals surface area contributed by atoms with Crippen LogP contribution in [0.15, 0.2) is 12.1 Å². The lowest BCUT2D eigenvalue weighted by atomic mass is 10.1. The van der Waals surface area contributed by atoms with E-state index in [1.807, 2.05) is 6.07 Å². The van der Waals surface area contributed by atoms with E-state index in [9.17, 15) is 0 Å². The van der Waals surface area contributed by atoms with Gasteiger partial charge >= 0.3 is 0 Å². The molecule has 2 rings (SSSR count). The maximum atomic E-state index is 6.00. The third-order valence-electron chi connectivity index (χ3n) is 2.36. The van der Waals surface area contributed by atoms with E-state index in [2.05, 4.69) is 0 Å². The third kappa shape index (κ3) is 1.08. The Labute approximate surface area is 76.5 Å². The van der Waals surface area contributed by atoms with Gasteiger partial charge in [0.05, 0.1) is 0 Å². The summed E-state index contributed by atoms with van der Waals surface area (Å²) in [5.74, 6) is 0. The summed E-state index contributed by atoms with van der Waals surface area (Å²) in [6, 6.07) is 3.85. The number of anilines is 1. The summed E-state index contributed by atoms with van der Waals surface area (Å²) in [5.41, 5.74) is 14.5. The first kappa shape index (κ1) is 7.90. The number of fused-ring (bicyclic) bond motifs is 1. The van der Waals surface area contributed by atoms with Gasteiger partial charge in [-0.15, -0.1) is 0 Å². The van der Waals surface area contributed by atoms with Crippen LogP contribution < -0.4 is 11.5 Å². The van der Waals surface area contributed by atoms with Gasteiger partial charge in [0.25, 0.3) is 0 Å². The van der Waals surface area contributed by atoms with Crippen LogP contribution in [0, 0.1) is 0 Å². The second-order valence-corrected chi connectivity index (χ2v) is 3.62. The van der Waals surface area contributed by atoms with E-state index < -0.39 is 0 Å². The molecule has 0 radical (unpaired) electrons. The van der Waals surface area contributed by atoms with Gasteiger partial charge in [-0.05, 0) is 36.1 Å². The van der Waals surface area contributed by atoms with Crippen molar-refractivity contribution < 1.29 is 0 Å². The molecule has 1 unspecified atom stereocenters. The molecule has 12 heavy (non-hydrogen) atoms. The van der Waals surface area contributed by atoms with Gasteiger partial charge in [-0.3, -0.25) is 0 Å². The molecule has 0 bridgehead atoms. The molecular weight excluding hydrogens is 172 g/mol. The molecule has 2 nitrogen and oxygen atoms in total. The van der Waals surface area contributed by atoms with Crippen molar-refractivity contribution in [3.63, 3.8) is 0 Å². The standard InChI is InChI=1S/C9H11ClN2/c10-8-4-5(11)3-7-6(8)1-2-9(7)12/h3-4,9H,1-2,11-12H2. The van der Waals surface area contributed by atoms with E-state index in [1.54, 1.807) is 6.07 Å². The van der Waals surface area contributed by atoms with Crippen LogP contribution in [0.2, 0.25) is 5.02 Å². The van der Waals surface area contributed by atoms with Gasteiger partial charge in [-0.25, -0.2) is 0 Å². The Morgan fingerprint density at radius 2 is 2.17 bits per heavy atom. The molecule has 0 aliphatic heterocycles. The van der Waals surface area contributed by atoms with Crippen molar-refractivity contribution in [1.29, 1.82) is 0 Å². The molecule has 0 saturated heterocycles. The monoisotopic (exact) mass is 182 g/mol. The second-order valence-electron chi connectivity index (χ2n) is 3.22. The van der Waals surface area contributed by atoms with Crippen molar-refractivity contribution in [2.75, 3.05) is 5.73 Å². The van der Waals surface area contributed by atoms with Gasteiger partial charge in [0.1, 0.15) is 0 Å². The fraction of sp³-hybridized carbons (Fsp3) is 0.333. The van der Waals surface area contributed by atoms with Crippen molar-refractivity contribution in [3.05, 3.63) is 28.3 Å². The maximum Gasteiger partial charge on any atom is 0.0461 e. The lowest BCUT2D eigenvalue weighted by Crippen LogP contribution is -2.05. The zero-order valence-corrected chi connectivity index (χ0v) is 7.43. The van der Waals surface area contributed by atoms with Crippen molar-refractivity contribution in [2.45, 2.75) is 18.9 Å². The topological polar surface area (TPSA) is 52.0 Å². The Bertz CT molecular complexity index is 323. The fourth-order valence-electron chi connectivity index (χ4n) is 1.73. The van der Waals surface area contributed by atoms with Crippen LogP contribution >= 0.6 is 11.6 Å². The molecule has 64 valence electrons. The largest absolute Gasteiger partial charge is 0.399 e. The Morgan fingerprint density at radius 3 is 2.92 bits per heavy atom. The maximum absolute atomic E-state index is 6.00. The number of rotatable bonds is 0. The Hall–Kier alpha value is -0.730. The Morgan fingerprint density at radius 1 is 1.42 bits per heavy atom. The molecule has 1 aliphatic carbocycles. The highest BCUT2D eigenvalue weighted by Crippen LogP contribution is 2.35. The second kappa shape index (κ2) is 2.64. The summed E-state index contributed by atoms with van der Waals surface area (Å²) in [6.45, 7) is 0. The molecule has 4 N–H and O–H groups in total. The molecule has 0 aromatic heterocycles. The van der Waals surface area contributed by atoms with Gasteiger partial charge in [0, 0.05) is 16.8 Å². The van der Waals surface area contributed by atoms with Crippen molar-refractivity contribution in [3.8, 4) is 0 Å². The number of benzene rings is 1. The van der Waals surface area contributed by atoms with Crippen LogP contribution in [0.4, 0.5) is 5.69 Å². The van der Waals surface area contributed by atoms with E-state index >= 15 is 0 Å². The quantitative estimate of drug-likeness (QED) is 0.602. The van der Waals surface area contributed by atoms with E-state index in [0.717, 1.165) is 23.4 Å². The third-order valence-corrected chi connectivity index (χ3v) is 2.69. The lowest BCUT2D eigenvalue weighted by Gasteiger charge is -2.06. The van der Waals surface area contributed by atoms with Gasteiger partial charge in [-0.2, -0.15) is 0 Å². The van der Waals surface area contributed by atoms with Crippen LogP contribution in [0.1, 0.15) is 23.6 Å². The normalized spacial score (nSPS) is 21.0. The predicted octanol–water partition coefficient (Wildman–Crippen LogP) is 1.87. The van der Waals surface area contributed by atoms with Crippen LogP contribution in [-0.4, -0.2) is 0 Å². The van der Waals surface area contributed by atoms with Crippen LogP contribution in [0.25, 0.3) is 0 Å². The molecule has 1 aromatic rings. The highest BCUT2D eigenvalue weighted by Gasteiger charge is 2.21. The van der Waals surface area contributed by atoms with Crippen LogP contribution in [0.5, 0.6) is 0 Å². The average molecular weight is 183 g/mol. The SMILES string of the molecule is Nc1cc(Cl)c2c(c1)C(N)CC2. The zero-order valence-electron chi connectivity index (χ0n) is 6.68. The molecular formula is C9H11ClN2. The van der Waals surface area contributed by atoms with E-state index in [0.29, 0.717) is 5.69 Å². The van der Waals surface area contributed by atoms with Crippen molar-refractivity contribution in [2.24, 2.45) is 5.73 Å². The number of nitrogen functional groups attached to an aromatic ring is 1. The first-order valence-corrected chi connectivity index (χ1v) is 4.39. The molecule has 0 amide bonds. The number of nitrogens with two attached hydrogens (primary N) is 2. The molecule has 1 aliphatic rings. The van der Waals surface area contributed by atoms with Gasteiger partial charge in [0.15, 0.2) is 0 Å². The Kier molecular flexibility index (Phi) is 1.74. The van der Waals surface area contributed by atoms with E-state index in [4.69, 9.17) is 23.1 Å². The highest BCUT2D eigenvalue weighted by molar-refractivity contribution is 6.31. The summed E-state index contributed by atoms with van der Waals surface area (Å²) >= 11 is 6.00. The molecule has 1 atom stereocenters. The Balaban J connectivity index is 2.60. The molecule has 0 heterocycles. The van der Waals surface area contributed by atoms with Crippen molar-refractivity contribution >= 4 is 17.3 Å². The minimum Gasteiger partial charge on any atom is -0.399 e. The zero-order chi connectivity index (χ0) is 8.72. The number of hydrogen-bond donors (Lipinski definition) is 2. The summed E-state index contributed by atoms with van der Waals surface area (Å²) in [6.07, 6.45) is 1.97. The summed E-state index contributed by atoms with van der Waals surface area (Å²) in [7, 11) is 0. The average Bonchev–Trinajstić information content (AvgIpc) is 2.33. The summed E-state index contributed by atoms with van der Waals surface area (Å²) in [5, 5.41) is 0.762. The minimum atomic E-state index is 0.126. The minimum absolute atomic E-state index is 0.126. The highest BCUT2D eigenvalue weighted by atomic mass is 35.5. The number of halogens is 1. The van der Waals surface area contributed by atoms with Crippen molar-refractivity contribution in [1.82, 2.24) is 0 Å². The first-order chi connectivity index (χ1) is 5.68. The smallest absolute Gasteiger partial charge is 0.0461 e. The molecule has 0 fully saturated rings. The molecule has 1 aromatic carbocycles. The van der Waals surface area contributed by atoms with Gasteiger partial charge in [0.2, 0.25) is 0 Å². The van der Waals surface area contributed by atoms with Gasteiger partial charge < -0.3 is 11.5 Å². The lowest BCUT2D eigenvalue weighted by molar-refractivity contribution is 0.713. The molecule has 0 spiro atoms. The summed E-state index contributed by atoms with van der Waals surface area (Å²) in [4.78, 5) is 0. The summed E-state index contributed by atoms with van der Waals surface area (Å²) < 4.78 is 0. The van der Waals surface area contributed by atoms with E-state index in [1.165, 1.54) is 5.56 Å². The van der Waals surface area contributed by atoms with Crippen LogP contribution in [-0.2, 0) is 6.42 Å². The molecule has 0 saturated carbocycles. The number of hydrogen-bond acceptors (Lipinski definition) is 2. The first-order valence-electron chi connectivity index (χ1n) is 4.02. The predicted molar refractivity (Wildman–Crippen MR) is 51.1 cm³/mol. The van der Waals surface area contributed by atoms with E-state index in [-0.39, 0.29) is 6.04 Å².